The Morgan fingerprint density at radius 3 is 1.81 bits per heavy atom. The Morgan fingerprint density at radius 2 is 1.26 bits per heavy atom. The zero-order valence-electron chi connectivity index (χ0n) is 41.5. The lowest BCUT2D eigenvalue weighted by Gasteiger charge is -2.36. The minimum atomic E-state index is -0.994. The number of hydrogen-bond acceptors (Lipinski definition) is 11. The van der Waals surface area contributed by atoms with Crippen molar-refractivity contribution in [3.8, 4) is 5.75 Å². The van der Waals surface area contributed by atoms with Crippen LogP contribution in [0.3, 0.4) is 0 Å². The van der Waals surface area contributed by atoms with Crippen LogP contribution in [0.4, 0.5) is 0 Å². The third-order valence-corrected chi connectivity index (χ3v) is 13.2. The normalized spacial score (nSPS) is 22.1. The molecular weight excluding hydrogens is 871 g/mol. The first-order chi connectivity index (χ1) is 32.0. The van der Waals surface area contributed by atoms with E-state index in [4.69, 9.17) is 4.74 Å². The molecule has 5 rings (SSSR count). The van der Waals surface area contributed by atoms with Crippen LogP contribution in [0.2, 0.25) is 0 Å². The number of rotatable bonds is 17. The number of hydrogen-bond donors (Lipinski definition) is 7. The number of Topliss-reactive ketones (excluding diaryl/α,β-unsaturated/α-hetero) is 1. The first kappa shape index (κ1) is 53.1. The number of likely N-dealkylation sites (tertiary alicyclic amines) is 2. The lowest BCUT2D eigenvalue weighted by molar-refractivity contribution is -0.144. The molecule has 18 nitrogen and oxygen atoms in total. The van der Waals surface area contributed by atoms with E-state index in [1.807, 2.05) is 79.7 Å². The molecule has 7 N–H and O–H groups in total. The van der Waals surface area contributed by atoms with E-state index in [1.165, 1.54) is 15.9 Å². The minimum Gasteiger partial charge on any atom is -0.493 e. The molecule has 7 amide bonds. The molecule has 0 bridgehead atoms. The summed E-state index contributed by atoms with van der Waals surface area (Å²) in [6.45, 7) is 16.8. The summed E-state index contributed by atoms with van der Waals surface area (Å²) in [5, 5.41) is 20.5. The molecule has 2 aromatic rings. The van der Waals surface area contributed by atoms with Crippen LogP contribution in [-0.4, -0.2) is 140 Å². The summed E-state index contributed by atoms with van der Waals surface area (Å²) in [4.78, 5) is 114. The van der Waals surface area contributed by atoms with Crippen molar-refractivity contribution in [2.24, 2.45) is 16.7 Å². The molecule has 0 aromatic heterocycles. The molecule has 372 valence electrons. The summed E-state index contributed by atoms with van der Waals surface area (Å²) in [6.07, 6.45) is 1.32. The van der Waals surface area contributed by atoms with Gasteiger partial charge in [0.05, 0.1) is 31.3 Å². The number of ketones is 1. The van der Waals surface area contributed by atoms with Crippen molar-refractivity contribution in [3.05, 3.63) is 65.2 Å². The number of ether oxygens (including phenoxy) is 1. The average molecular weight is 944 g/mol. The van der Waals surface area contributed by atoms with E-state index in [2.05, 4.69) is 37.2 Å². The van der Waals surface area contributed by atoms with Gasteiger partial charge in [-0.2, -0.15) is 0 Å². The maximum Gasteiger partial charge on any atom is 0.251 e. The fraction of sp³-hybridized carbons (Fsp3) is 0.600. The smallest absolute Gasteiger partial charge is 0.251 e. The van der Waals surface area contributed by atoms with Crippen molar-refractivity contribution in [2.75, 3.05) is 40.3 Å². The molecule has 2 saturated heterocycles. The van der Waals surface area contributed by atoms with Gasteiger partial charge in [-0.1, -0.05) is 79.7 Å². The Kier molecular flexibility index (Phi) is 17.6. The average Bonchev–Trinajstić information content (AvgIpc) is 3.92. The minimum absolute atomic E-state index is 0.0183. The van der Waals surface area contributed by atoms with Gasteiger partial charge in [0.15, 0.2) is 5.78 Å². The van der Waals surface area contributed by atoms with Gasteiger partial charge in [-0.05, 0) is 75.4 Å². The van der Waals surface area contributed by atoms with Gasteiger partial charge in [0.2, 0.25) is 29.5 Å². The van der Waals surface area contributed by atoms with Gasteiger partial charge < -0.3 is 51.8 Å². The van der Waals surface area contributed by atoms with E-state index in [1.54, 1.807) is 39.2 Å². The summed E-state index contributed by atoms with van der Waals surface area (Å²) in [5.41, 5.74) is -0.311. The van der Waals surface area contributed by atoms with Gasteiger partial charge in [-0.15, -0.1) is 0 Å². The SMILES string of the molecule is CCC(C)C(=O)C1CC(NC(=O)c2cccc(C(=O)NC3CC(C(=O)NC4CCOc5ccccc54)N(C(=O)C(NC(=O)CNC)C(C)(C)C)C3)c2)CN1C(=O)C(NC(=O)C(C)NC)C(C)(C)C. The van der Waals surface area contributed by atoms with Crippen LogP contribution >= 0.6 is 0 Å². The predicted octanol–water partition coefficient (Wildman–Crippen LogP) is 2.23. The molecule has 2 fully saturated rings. The maximum absolute atomic E-state index is 14.5. The molecule has 9 unspecified atom stereocenters. The molecule has 3 aliphatic heterocycles. The summed E-state index contributed by atoms with van der Waals surface area (Å²) in [5.74, 6) is -2.92. The zero-order chi connectivity index (χ0) is 50.2. The van der Waals surface area contributed by atoms with Crippen molar-refractivity contribution >= 4 is 47.1 Å². The lowest BCUT2D eigenvalue weighted by atomic mass is 9.85. The van der Waals surface area contributed by atoms with Crippen LogP contribution in [0.15, 0.2) is 48.5 Å². The van der Waals surface area contributed by atoms with Gasteiger partial charge in [0.1, 0.15) is 23.9 Å². The van der Waals surface area contributed by atoms with E-state index >= 15 is 0 Å². The molecule has 0 radical (unpaired) electrons. The van der Waals surface area contributed by atoms with Crippen LogP contribution in [0.1, 0.15) is 120 Å². The second-order valence-corrected chi connectivity index (χ2v) is 20.6. The van der Waals surface area contributed by atoms with E-state index < -0.39 is 82.7 Å². The maximum atomic E-state index is 14.5. The van der Waals surface area contributed by atoms with Gasteiger partial charge in [0, 0.05) is 54.2 Å². The number of likely N-dealkylation sites (N-methyl/N-ethyl adjacent to an activating group) is 2. The van der Waals surface area contributed by atoms with Crippen molar-refractivity contribution in [2.45, 2.75) is 136 Å². The number of carbonyl (C=O) groups is 8. The lowest BCUT2D eigenvalue weighted by Crippen LogP contribution is -2.59. The molecule has 18 heteroatoms. The number of para-hydroxylation sites is 1. The molecule has 9 atom stereocenters. The Bertz CT molecular complexity index is 2200. The molecule has 0 spiro atoms. The van der Waals surface area contributed by atoms with Crippen LogP contribution in [-0.2, 0) is 28.8 Å². The third-order valence-electron chi connectivity index (χ3n) is 13.2. The summed E-state index contributed by atoms with van der Waals surface area (Å²) in [6, 6.07) is 7.55. The summed E-state index contributed by atoms with van der Waals surface area (Å²) < 4.78 is 5.81. The molecule has 3 heterocycles. The number of carbonyl (C=O) groups excluding carboxylic acids is 8. The van der Waals surface area contributed by atoms with E-state index in [0.29, 0.717) is 25.2 Å². The van der Waals surface area contributed by atoms with E-state index in [0.717, 1.165) is 5.56 Å². The standard InChI is InChI=1S/C50H73N9O9/c1-12-28(2)40(61)36-23-32(26-58(36)48(67)42(50(7,8)9)57-43(62)29(3)52-11)53-44(63)30-16-15-17-31(22-30)45(64)54-33-24-37(46(65)55-35-20-21-68-38-19-14-13-18-34(35)38)59(27-33)47(66)41(49(4,5)6)56-39(60)25-51-10/h13-19,22,28-29,32-33,35-37,41-42,51-52H,12,20-21,23-27H2,1-11H3,(H,53,63)(H,54,64)(H,55,65)(H,56,60)(H,57,62). The number of benzene rings is 2. The molecule has 3 aliphatic rings. The predicted molar refractivity (Wildman–Crippen MR) is 256 cm³/mol. The molecule has 2 aromatic carbocycles. The van der Waals surface area contributed by atoms with E-state index in [9.17, 15) is 38.4 Å². The van der Waals surface area contributed by atoms with Crippen LogP contribution < -0.4 is 42.0 Å². The zero-order valence-corrected chi connectivity index (χ0v) is 41.5. The second-order valence-electron chi connectivity index (χ2n) is 20.6. The fourth-order valence-corrected chi connectivity index (χ4v) is 8.92. The highest BCUT2D eigenvalue weighted by Crippen LogP contribution is 2.33. The third kappa shape index (κ3) is 12.8. The fourth-order valence-electron chi connectivity index (χ4n) is 8.92. The van der Waals surface area contributed by atoms with Crippen molar-refractivity contribution in [1.29, 1.82) is 0 Å². The summed E-state index contributed by atoms with van der Waals surface area (Å²) in [7, 11) is 3.27. The highest BCUT2D eigenvalue weighted by molar-refractivity contribution is 6.01. The number of amides is 7. The molecular formula is C50H73N9O9. The van der Waals surface area contributed by atoms with Gasteiger partial charge in [-0.3, -0.25) is 38.4 Å². The Morgan fingerprint density at radius 1 is 0.721 bits per heavy atom. The largest absolute Gasteiger partial charge is 0.493 e. The van der Waals surface area contributed by atoms with Gasteiger partial charge in [0.25, 0.3) is 11.8 Å². The first-order valence-corrected chi connectivity index (χ1v) is 23.8. The Hall–Kier alpha value is -5.88. The summed E-state index contributed by atoms with van der Waals surface area (Å²) >= 11 is 0. The number of nitrogens with one attached hydrogen (secondary N) is 7. The topological polar surface area (TPSA) is 236 Å². The van der Waals surface area contributed by atoms with Gasteiger partial charge >= 0.3 is 0 Å². The van der Waals surface area contributed by atoms with Crippen LogP contribution in [0.5, 0.6) is 5.75 Å². The Labute approximate surface area is 400 Å². The van der Waals surface area contributed by atoms with E-state index in [-0.39, 0.29) is 73.2 Å². The van der Waals surface area contributed by atoms with Crippen molar-refractivity contribution in [3.63, 3.8) is 0 Å². The Balaban J connectivity index is 1.34. The van der Waals surface area contributed by atoms with Crippen LogP contribution in [0.25, 0.3) is 0 Å². The van der Waals surface area contributed by atoms with Gasteiger partial charge in [-0.25, -0.2) is 0 Å². The van der Waals surface area contributed by atoms with Crippen molar-refractivity contribution in [1.82, 2.24) is 47.0 Å². The van der Waals surface area contributed by atoms with Crippen molar-refractivity contribution < 1.29 is 43.1 Å². The number of nitrogens with zero attached hydrogens (tertiary/aromatic N) is 2. The quantitative estimate of drug-likeness (QED) is 0.122. The number of fused-ring (bicyclic) bond motifs is 1. The molecule has 68 heavy (non-hydrogen) atoms. The molecule has 0 saturated carbocycles. The monoisotopic (exact) mass is 944 g/mol. The highest BCUT2D eigenvalue weighted by Gasteiger charge is 2.48. The second kappa shape index (κ2) is 22.5. The van der Waals surface area contributed by atoms with Crippen LogP contribution in [0, 0.1) is 16.7 Å². The molecule has 0 aliphatic carbocycles. The first-order valence-electron chi connectivity index (χ1n) is 23.8. The highest BCUT2D eigenvalue weighted by atomic mass is 16.5.